The third kappa shape index (κ3) is 5.94. The molecule has 2 aromatic rings. The van der Waals surface area contributed by atoms with Crippen LogP contribution in [0.25, 0.3) is 11.3 Å². The second-order valence-corrected chi connectivity index (χ2v) is 9.88. The summed E-state index contributed by atoms with van der Waals surface area (Å²) in [5.74, 6) is 1.59. The highest BCUT2D eigenvalue weighted by Gasteiger charge is 2.40. The fourth-order valence-electron chi connectivity index (χ4n) is 4.85. The van der Waals surface area contributed by atoms with Crippen molar-refractivity contribution in [1.29, 1.82) is 0 Å². The molecule has 0 aliphatic carbocycles. The molecule has 0 saturated carbocycles. The maximum atomic E-state index is 13.3. The normalized spacial score (nSPS) is 18.3. The van der Waals surface area contributed by atoms with Crippen molar-refractivity contribution in [2.24, 2.45) is 0 Å². The van der Waals surface area contributed by atoms with Gasteiger partial charge >= 0.3 is 0 Å². The molecule has 1 aromatic heterocycles. The first-order chi connectivity index (χ1) is 14.2. The number of amides is 1. The Morgan fingerprint density at radius 3 is 2.47 bits per heavy atom. The van der Waals surface area contributed by atoms with Gasteiger partial charge in [-0.1, -0.05) is 43.7 Å². The number of unbranched alkanes of at least 4 members (excludes halogenated alkanes) is 1. The van der Waals surface area contributed by atoms with Gasteiger partial charge in [-0.3, -0.25) is 4.79 Å². The third-order valence-corrected chi connectivity index (χ3v) is 5.85. The number of carbonyl (C=O) groups is 1. The van der Waals surface area contributed by atoms with Gasteiger partial charge < -0.3 is 14.6 Å². The number of oxazole rings is 1. The Bertz CT molecular complexity index is 810. The van der Waals surface area contributed by atoms with Crippen LogP contribution in [0.4, 0.5) is 0 Å². The van der Waals surface area contributed by atoms with Crippen LogP contribution >= 0.6 is 0 Å². The van der Waals surface area contributed by atoms with Gasteiger partial charge in [-0.15, -0.1) is 0 Å². The summed E-state index contributed by atoms with van der Waals surface area (Å²) in [6.45, 7) is 12.0. The molecule has 1 fully saturated rings. The van der Waals surface area contributed by atoms with E-state index in [0.29, 0.717) is 18.7 Å². The molecule has 1 aliphatic heterocycles. The zero-order valence-corrected chi connectivity index (χ0v) is 19.2. The molecule has 1 aliphatic rings. The van der Waals surface area contributed by atoms with Crippen LogP contribution < -0.4 is 5.32 Å². The Morgan fingerprint density at radius 2 is 1.83 bits per heavy atom. The number of carbonyl (C=O) groups excluding carboxylic acids is 1. The molecular formula is C25H37N3O2. The van der Waals surface area contributed by atoms with E-state index >= 15 is 0 Å². The first-order valence-corrected chi connectivity index (χ1v) is 11.3. The molecule has 164 valence electrons. The molecule has 0 bridgehead atoms. The largest absolute Gasteiger partial charge is 0.441 e. The average Bonchev–Trinajstić information content (AvgIpc) is 3.14. The molecule has 5 heteroatoms. The lowest BCUT2D eigenvalue weighted by atomic mass is 9.79. The monoisotopic (exact) mass is 411 g/mol. The third-order valence-electron chi connectivity index (χ3n) is 5.85. The Balaban J connectivity index is 1.66. The molecule has 2 heterocycles. The van der Waals surface area contributed by atoms with E-state index in [-0.39, 0.29) is 23.0 Å². The van der Waals surface area contributed by atoms with Crippen LogP contribution in [0.3, 0.4) is 0 Å². The second kappa shape index (κ2) is 9.34. The molecule has 5 nitrogen and oxygen atoms in total. The Kier molecular flexibility index (Phi) is 7.02. The van der Waals surface area contributed by atoms with Crippen LogP contribution in [0.1, 0.15) is 72.6 Å². The summed E-state index contributed by atoms with van der Waals surface area (Å²) in [4.78, 5) is 19.8. The van der Waals surface area contributed by atoms with Crippen molar-refractivity contribution < 1.29 is 9.21 Å². The topological polar surface area (TPSA) is 58.4 Å². The standard InChI is InChI=1S/C25H37N3O2/c1-6-7-15-28(20-16-24(2,3)27-25(4,5)17-20)23(29)14-13-22-26-18-21(30-22)19-11-9-8-10-12-19/h8-12,18,20,27H,6-7,13-17H2,1-5H3. The zero-order chi connectivity index (χ0) is 21.8. The smallest absolute Gasteiger partial charge is 0.223 e. The summed E-state index contributed by atoms with van der Waals surface area (Å²) in [5, 5.41) is 3.73. The predicted molar refractivity (Wildman–Crippen MR) is 121 cm³/mol. The molecular weight excluding hydrogens is 374 g/mol. The first-order valence-electron chi connectivity index (χ1n) is 11.3. The van der Waals surface area contributed by atoms with E-state index in [9.17, 15) is 4.79 Å². The first kappa shape index (κ1) is 22.5. The second-order valence-electron chi connectivity index (χ2n) is 9.88. The Morgan fingerprint density at radius 1 is 1.17 bits per heavy atom. The summed E-state index contributed by atoms with van der Waals surface area (Å²) in [6.07, 6.45) is 6.79. The van der Waals surface area contributed by atoms with E-state index < -0.39 is 0 Å². The lowest BCUT2D eigenvalue weighted by molar-refractivity contribution is -0.135. The van der Waals surface area contributed by atoms with Crippen molar-refractivity contribution >= 4 is 5.91 Å². The number of hydrogen-bond acceptors (Lipinski definition) is 4. The van der Waals surface area contributed by atoms with E-state index in [1.807, 2.05) is 30.3 Å². The predicted octanol–water partition coefficient (Wildman–Crippen LogP) is 5.21. The van der Waals surface area contributed by atoms with Crippen molar-refractivity contribution in [3.05, 3.63) is 42.4 Å². The van der Waals surface area contributed by atoms with Gasteiger partial charge in [-0.25, -0.2) is 4.98 Å². The molecule has 1 amide bonds. The highest BCUT2D eigenvalue weighted by Crippen LogP contribution is 2.32. The number of rotatable bonds is 8. The SMILES string of the molecule is CCCCN(C(=O)CCc1ncc(-c2ccccc2)o1)C1CC(C)(C)NC(C)(C)C1. The van der Waals surface area contributed by atoms with Gasteiger partial charge in [0.25, 0.3) is 0 Å². The maximum absolute atomic E-state index is 13.3. The van der Waals surface area contributed by atoms with Crippen LogP contribution in [-0.4, -0.2) is 39.5 Å². The van der Waals surface area contributed by atoms with Crippen LogP contribution in [-0.2, 0) is 11.2 Å². The van der Waals surface area contributed by atoms with Crippen LogP contribution in [0.2, 0.25) is 0 Å². The summed E-state index contributed by atoms with van der Waals surface area (Å²) < 4.78 is 5.90. The minimum Gasteiger partial charge on any atom is -0.441 e. The van der Waals surface area contributed by atoms with E-state index in [1.54, 1.807) is 6.20 Å². The number of aromatic nitrogens is 1. The number of nitrogens with one attached hydrogen (secondary N) is 1. The van der Waals surface area contributed by atoms with Gasteiger partial charge in [-0.05, 0) is 47.0 Å². The summed E-state index contributed by atoms with van der Waals surface area (Å²) in [7, 11) is 0. The molecule has 1 N–H and O–H groups in total. The number of benzene rings is 1. The van der Waals surface area contributed by atoms with Crippen molar-refractivity contribution in [3.8, 4) is 11.3 Å². The Labute approximate surface area is 181 Å². The van der Waals surface area contributed by atoms with Gasteiger partial charge in [0.05, 0.1) is 6.20 Å². The molecule has 30 heavy (non-hydrogen) atoms. The molecule has 0 unspecified atom stereocenters. The van der Waals surface area contributed by atoms with Gasteiger partial charge in [0.1, 0.15) is 0 Å². The minimum absolute atomic E-state index is 0.0182. The molecule has 0 spiro atoms. The van der Waals surface area contributed by atoms with E-state index in [4.69, 9.17) is 4.42 Å². The van der Waals surface area contributed by atoms with Crippen LogP contribution in [0.15, 0.2) is 40.9 Å². The molecule has 0 radical (unpaired) electrons. The molecule has 0 atom stereocenters. The van der Waals surface area contributed by atoms with Gasteiger partial charge in [0.15, 0.2) is 11.7 Å². The van der Waals surface area contributed by atoms with Crippen LogP contribution in [0.5, 0.6) is 0 Å². The number of aryl methyl sites for hydroxylation is 1. The lowest BCUT2D eigenvalue weighted by Gasteiger charge is -2.49. The maximum Gasteiger partial charge on any atom is 0.223 e. The van der Waals surface area contributed by atoms with Crippen molar-refractivity contribution in [2.75, 3.05) is 6.54 Å². The van der Waals surface area contributed by atoms with Gasteiger partial charge in [-0.2, -0.15) is 0 Å². The minimum atomic E-state index is 0.0182. The van der Waals surface area contributed by atoms with Crippen molar-refractivity contribution in [3.63, 3.8) is 0 Å². The molecule has 1 saturated heterocycles. The highest BCUT2D eigenvalue weighted by atomic mass is 16.4. The fraction of sp³-hybridized carbons (Fsp3) is 0.600. The van der Waals surface area contributed by atoms with Crippen LogP contribution in [0, 0.1) is 0 Å². The molecule has 3 rings (SSSR count). The number of hydrogen-bond donors (Lipinski definition) is 1. The summed E-state index contributed by atoms with van der Waals surface area (Å²) in [6, 6.07) is 10.2. The van der Waals surface area contributed by atoms with E-state index in [2.05, 4.69) is 49.8 Å². The summed E-state index contributed by atoms with van der Waals surface area (Å²) >= 11 is 0. The van der Waals surface area contributed by atoms with Gasteiger partial charge in [0, 0.05) is 42.1 Å². The number of nitrogens with zero attached hydrogens (tertiary/aromatic N) is 2. The van der Waals surface area contributed by atoms with Gasteiger partial charge in [0.2, 0.25) is 5.91 Å². The van der Waals surface area contributed by atoms with E-state index in [0.717, 1.165) is 43.6 Å². The average molecular weight is 412 g/mol. The quantitative estimate of drug-likeness (QED) is 0.648. The van der Waals surface area contributed by atoms with Crippen molar-refractivity contribution in [2.45, 2.75) is 90.3 Å². The lowest BCUT2D eigenvalue weighted by Crippen LogP contribution is -2.62. The fourth-order valence-corrected chi connectivity index (χ4v) is 4.85. The zero-order valence-electron chi connectivity index (χ0n) is 19.2. The van der Waals surface area contributed by atoms with Crippen molar-refractivity contribution in [1.82, 2.24) is 15.2 Å². The summed E-state index contributed by atoms with van der Waals surface area (Å²) in [5.41, 5.74) is 1.04. The Hall–Kier alpha value is -2.14. The molecule has 1 aromatic carbocycles. The van der Waals surface area contributed by atoms with E-state index in [1.165, 1.54) is 0 Å². The number of piperidine rings is 1. The highest BCUT2D eigenvalue weighted by molar-refractivity contribution is 5.76.